The molecule has 0 aromatic heterocycles. The Kier molecular flexibility index (Phi) is 13.8. The van der Waals surface area contributed by atoms with Crippen molar-refractivity contribution in [3.05, 3.63) is 30.3 Å². The molecule has 0 saturated heterocycles. The van der Waals surface area contributed by atoms with Crippen molar-refractivity contribution in [3.63, 3.8) is 0 Å². The van der Waals surface area contributed by atoms with E-state index in [2.05, 4.69) is 65.8 Å². The fraction of sp³-hybridized carbons (Fsp3) is 0.800. The summed E-state index contributed by atoms with van der Waals surface area (Å²) in [6, 6.07) is 10.3. The molecule has 1 aliphatic carbocycles. The SMILES string of the molecule is CCC[CH2][Sn]([CH2]CCC)([CH2]CCC)[CH2]C[P@](=O)(O[C@@H]1C[C@H](C)CC[C@H]1C(C)C)c1ccccc1. The zero-order valence-corrected chi connectivity index (χ0v) is 27.1. The molecule has 0 bridgehead atoms. The third-order valence-corrected chi connectivity index (χ3v) is 28.1. The van der Waals surface area contributed by atoms with Gasteiger partial charge in [0.15, 0.2) is 0 Å². The first-order valence-corrected chi connectivity index (χ1v) is 24.5. The molecule has 0 spiro atoms. The van der Waals surface area contributed by atoms with Crippen LogP contribution in [0.2, 0.25) is 17.7 Å². The normalized spacial score (nSPS) is 23.2. The summed E-state index contributed by atoms with van der Waals surface area (Å²) < 4.78 is 27.4. The van der Waals surface area contributed by atoms with Crippen molar-refractivity contribution in [2.24, 2.45) is 17.8 Å². The Hall–Kier alpha value is 0.209. The summed E-state index contributed by atoms with van der Waals surface area (Å²) in [5.74, 6) is 1.78. The Bertz CT molecular complexity index is 698. The summed E-state index contributed by atoms with van der Waals surface area (Å²) in [5.41, 5.74) is 0. The number of unbranched alkanes of at least 4 members (excludes halogenated alkanes) is 3. The summed E-state index contributed by atoms with van der Waals surface area (Å²) in [6.45, 7) is 14.0. The van der Waals surface area contributed by atoms with Gasteiger partial charge >= 0.3 is 218 Å². The fourth-order valence-corrected chi connectivity index (χ4v) is 29.0. The van der Waals surface area contributed by atoms with E-state index in [9.17, 15) is 4.57 Å². The van der Waals surface area contributed by atoms with Gasteiger partial charge < -0.3 is 0 Å². The van der Waals surface area contributed by atoms with Crippen molar-refractivity contribution in [2.45, 2.75) is 123 Å². The first-order valence-electron chi connectivity index (χ1n) is 14.6. The van der Waals surface area contributed by atoms with E-state index in [1.807, 2.05) is 6.07 Å². The Morgan fingerprint density at radius 3 is 1.97 bits per heavy atom. The van der Waals surface area contributed by atoms with Crippen LogP contribution in [0.25, 0.3) is 0 Å². The molecule has 196 valence electrons. The van der Waals surface area contributed by atoms with Crippen LogP contribution in [0.5, 0.6) is 0 Å². The summed E-state index contributed by atoms with van der Waals surface area (Å²) in [7, 11) is -2.88. The van der Waals surface area contributed by atoms with E-state index < -0.39 is 25.7 Å². The molecule has 0 heterocycles. The number of hydrogen-bond acceptors (Lipinski definition) is 2. The monoisotopic (exact) mass is 598 g/mol. The second-order valence-electron chi connectivity index (χ2n) is 11.8. The van der Waals surface area contributed by atoms with Crippen LogP contribution < -0.4 is 5.30 Å². The standard InChI is InChI=1S/C18H28O2P.3C4H9.Sn/c1-5-21(19,16-9-7-6-8-10-16)20-18-13-15(4)11-12-17(18)14(2)3;3*1-3-4-2;/h6-10,14-15,17-18H,1,5,11-13H2,2-4H3;3*1,3-4H2,2H3;/t15-,17+,18-,21+;;;;/m1..../s1. The van der Waals surface area contributed by atoms with Crippen LogP contribution in [0.15, 0.2) is 30.3 Å². The molecule has 0 aliphatic heterocycles. The summed E-state index contributed by atoms with van der Waals surface area (Å²) >= 11 is -2.38. The molecule has 4 heteroatoms. The summed E-state index contributed by atoms with van der Waals surface area (Å²) in [4.78, 5) is 0. The van der Waals surface area contributed by atoms with E-state index in [1.165, 1.54) is 69.1 Å². The minimum absolute atomic E-state index is 0.140. The van der Waals surface area contributed by atoms with Crippen LogP contribution >= 0.6 is 7.37 Å². The molecule has 1 aliphatic rings. The van der Waals surface area contributed by atoms with Gasteiger partial charge in [-0.15, -0.1) is 0 Å². The van der Waals surface area contributed by atoms with Gasteiger partial charge in [0.1, 0.15) is 0 Å². The van der Waals surface area contributed by atoms with Gasteiger partial charge in [0.05, 0.1) is 0 Å². The molecule has 34 heavy (non-hydrogen) atoms. The van der Waals surface area contributed by atoms with Gasteiger partial charge in [-0.05, 0) is 0 Å². The molecule has 0 amide bonds. The molecule has 1 aromatic carbocycles. The zero-order chi connectivity index (χ0) is 25.0. The number of rotatable bonds is 16. The summed E-state index contributed by atoms with van der Waals surface area (Å²) in [6.07, 6.45) is 12.5. The van der Waals surface area contributed by atoms with E-state index in [0.29, 0.717) is 17.8 Å². The molecule has 1 fully saturated rings. The van der Waals surface area contributed by atoms with Crippen LogP contribution in [0.3, 0.4) is 0 Å². The molecule has 0 N–H and O–H groups in total. The Labute approximate surface area is 216 Å². The van der Waals surface area contributed by atoms with Gasteiger partial charge in [-0.3, -0.25) is 0 Å². The maximum atomic E-state index is 14.8. The molecule has 0 radical (unpaired) electrons. The topological polar surface area (TPSA) is 26.3 Å². The third kappa shape index (κ3) is 9.26. The van der Waals surface area contributed by atoms with E-state index in [4.69, 9.17) is 4.52 Å². The van der Waals surface area contributed by atoms with Crippen LogP contribution in [0.4, 0.5) is 0 Å². The van der Waals surface area contributed by atoms with Crippen LogP contribution in [-0.4, -0.2) is 30.6 Å². The molecule has 1 saturated carbocycles. The Morgan fingerprint density at radius 2 is 1.47 bits per heavy atom. The van der Waals surface area contributed by atoms with Gasteiger partial charge in [-0.1, -0.05) is 0 Å². The van der Waals surface area contributed by atoms with Gasteiger partial charge in [-0.25, -0.2) is 0 Å². The molecule has 0 unspecified atom stereocenters. The van der Waals surface area contributed by atoms with Crippen molar-refractivity contribution in [1.29, 1.82) is 0 Å². The zero-order valence-electron chi connectivity index (χ0n) is 23.4. The van der Waals surface area contributed by atoms with Gasteiger partial charge in [0, 0.05) is 0 Å². The maximum absolute atomic E-state index is 14.8. The second-order valence-corrected chi connectivity index (χ2v) is 28.6. The second kappa shape index (κ2) is 15.5. The average Bonchev–Trinajstić information content (AvgIpc) is 2.83. The van der Waals surface area contributed by atoms with Crippen molar-refractivity contribution < 1.29 is 9.09 Å². The van der Waals surface area contributed by atoms with E-state index in [0.717, 1.165) is 17.9 Å². The molecule has 4 atom stereocenters. The Morgan fingerprint density at radius 1 is 0.912 bits per heavy atom. The predicted molar refractivity (Wildman–Crippen MR) is 154 cm³/mol. The van der Waals surface area contributed by atoms with Crippen molar-refractivity contribution in [3.8, 4) is 0 Å². The van der Waals surface area contributed by atoms with E-state index >= 15 is 0 Å². The van der Waals surface area contributed by atoms with Gasteiger partial charge in [0.2, 0.25) is 0 Å². The van der Waals surface area contributed by atoms with Gasteiger partial charge in [0.25, 0.3) is 0 Å². The van der Waals surface area contributed by atoms with Crippen molar-refractivity contribution in [2.75, 3.05) is 6.16 Å². The van der Waals surface area contributed by atoms with Crippen molar-refractivity contribution >= 4 is 31.1 Å². The fourth-order valence-electron chi connectivity index (χ4n) is 6.14. The molecule has 2 nitrogen and oxygen atoms in total. The van der Waals surface area contributed by atoms with E-state index in [-0.39, 0.29) is 6.10 Å². The summed E-state index contributed by atoms with van der Waals surface area (Å²) in [5, 5.41) is 0.970. The molecule has 2 rings (SSSR count). The van der Waals surface area contributed by atoms with Crippen LogP contribution in [0.1, 0.15) is 99.3 Å². The molecular weight excluding hydrogens is 542 g/mol. The van der Waals surface area contributed by atoms with Crippen molar-refractivity contribution in [1.82, 2.24) is 0 Å². The quantitative estimate of drug-likeness (QED) is 0.140. The number of benzene rings is 1. The molecule has 1 aromatic rings. The predicted octanol–water partition coefficient (Wildman–Crippen LogP) is 9.92. The van der Waals surface area contributed by atoms with Crippen LogP contribution in [0, 0.1) is 17.8 Å². The third-order valence-electron chi connectivity index (χ3n) is 8.54. The van der Waals surface area contributed by atoms with E-state index in [1.54, 1.807) is 0 Å². The number of hydrogen-bond donors (Lipinski definition) is 0. The molecular formula is C30H55O2PSn. The first kappa shape index (κ1) is 30.4. The van der Waals surface area contributed by atoms with Crippen LogP contribution in [-0.2, 0) is 9.09 Å². The average molecular weight is 597 g/mol. The van der Waals surface area contributed by atoms with Gasteiger partial charge in [-0.2, -0.15) is 0 Å². The first-order chi connectivity index (χ1) is 16.3. The minimum atomic E-state index is -2.88. The Balaban J connectivity index is 2.33.